The molecule has 2 aromatic rings. The highest BCUT2D eigenvalue weighted by atomic mass is 16.5. The highest BCUT2D eigenvalue weighted by molar-refractivity contribution is 5.93. The second-order valence-electron chi connectivity index (χ2n) is 6.73. The number of hydrogen-bond acceptors (Lipinski definition) is 5. The Morgan fingerprint density at radius 3 is 2.64 bits per heavy atom. The number of methoxy groups -OCH3 is 1. The van der Waals surface area contributed by atoms with E-state index < -0.39 is 0 Å². The molecule has 0 unspecified atom stereocenters. The van der Waals surface area contributed by atoms with Gasteiger partial charge in [-0.3, -0.25) is 14.5 Å². The fourth-order valence-corrected chi connectivity index (χ4v) is 3.34. The Kier molecular flexibility index (Phi) is 7.36. The third-order valence-corrected chi connectivity index (χ3v) is 4.91. The number of carbonyl (C=O) groups is 1. The molecule has 7 nitrogen and oxygen atoms in total. The largest absolute Gasteiger partial charge is 0.383 e. The van der Waals surface area contributed by atoms with Gasteiger partial charge in [0.2, 0.25) is 0 Å². The van der Waals surface area contributed by atoms with Crippen LogP contribution in [0.4, 0.5) is 0 Å². The number of ether oxygens (including phenoxy) is 2. The summed E-state index contributed by atoms with van der Waals surface area (Å²) < 4.78 is 12.0. The first kappa shape index (κ1) is 20.3. The van der Waals surface area contributed by atoms with Crippen LogP contribution in [0.2, 0.25) is 0 Å². The summed E-state index contributed by atoms with van der Waals surface area (Å²) in [6.45, 7) is 4.37. The molecule has 1 saturated heterocycles. The lowest BCUT2D eigenvalue weighted by Gasteiger charge is -2.35. The number of amides is 1. The van der Waals surface area contributed by atoms with Crippen molar-refractivity contribution in [1.82, 2.24) is 14.8 Å². The van der Waals surface area contributed by atoms with Crippen LogP contribution < -0.4 is 10.9 Å². The van der Waals surface area contributed by atoms with Gasteiger partial charge in [0.15, 0.2) is 0 Å². The second kappa shape index (κ2) is 10.2. The van der Waals surface area contributed by atoms with Gasteiger partial charge >= 0.3 is 0 Å². The fraction of sp³-hybridized carbons (Fsp3) is 0.429. The van der Waals surface area contributed by atoms with Gasteiger partial charge in [0, 0.05) is 45.6 Å². The molecule has 2 heterocycles. The number of pyridine rings is 1. The molecule has 1 fully saturated rings. The summed E-state index contributed by atoms with van der Waals surface area (Å²) in [5.74, 6) is -0.194. The van der Waals surface area contributed by atoms with E-state index in [-0.39, 0.29) is 17.5 Å². The number of nitrogens with zero attached hydrogens (tertiary/aromatic N) is 2. The van der Waals surface area contributed by atoms with E-state index in [1.165, 1.54) is 10.6 Å². The summed E-state index contributed by atoms with van der Waals surface area (Å²) in [5, 5.41) is 3.03. The fourth-order valence-electron chi connectivity index (χ4n) is 3.34. The first-order valence-corrected chi connectivity index (χ1v) is 9.53. The highest BCUT2D eigenvalue weighted by Gasteiger charge is 2.23. The zero-order valence-corrected chi connectivity index (χ0v) is 16.2. The molecule has 1 amide bonds. The van der Waals surface area contributed by atoms with Gasteiger partial charge in [-0.25, -0.2) is 0 Å². The quantitative estimate of drug-likeness (QED) is 0.742. The number of aromatic nitrogens is 1. The van der Waals surface area contributed by atoms with Crippen molar-refractivity contribution in [2.45, 2.75) is 12.6 Å². The number of benzene rings is 1. The van der Waals surface area contributed by atoms with E-state index in [0.717, 1.165) is 18.7 Å². The number of morpholine rings is 1. The van der Waals surface area contributed by atoms with Gasteiger partial charge < -0.3 is 19.4 Å². The smallest absolute Gasteiger partial charge is 0.252 e. The molecule has 0 saturated carbocycles. The lowest BCUT2D eigenvalue weighted by atomic mass is 10.0. The molecular formula is C21H27N3O4. The summed E-state index contributed by atoms with van der Waals surface area (Å²) in [4.78, 5) is 26.9. The molecule has 1 N–H and O–H groups in total. The molecule has 1 aliphatic heterocycles. The highest BCUT2D eigenvalue weighted by Crippen LogP contribution is 2.21. The first-order valence-electron chi connectivity index (χ1n) is 9.53. The molecule has 0 bridgehead atoms. The number of nitrogens with one attached hydrogen (secondary N) is 1. The minimum Gasteiger partial charge on any atom is -0.383 e. The van der Waals surface area contributed by atoms with Crippen molar-refractivity contribution >= 4 is 5.91 Å². The standard InChI is InChI=1S/C21H27N3O4/c1-27-12-9-24-16-18(7-8-20(24)25)21(26)22-15-19(17-5-3-2-4-6-17)23-10-13-28-14-11-23/h2-8,16,19H,9-15H2,1H3,(H,22,26)/t19-/m1/s1. The molecule has 0 aliphatic carbocycles. The third-order valence-electron chi connectivity index (χ3n) is 4.91. The van der Waals surface area contributed by atoms with Crippen LogP contribution >= 0.6 is 0 Å². The van der Waals surface area contributed by atoms with Crippen LogP contribution in [0.3, 0.4) is 0 Å². The Hall–Kier alpha value is -2.48. The molecule has 0 radical (unpaired) electrons. The Balaban J connectivity index is 1.70. The lowest BCUT2D eigenvalue weighted by Crippen LogP contribution is -2.43. The summed E-state index contributed by atoms with van der Waals surface area (Å²) in [6.07, 6.45) is 1.59. The van der Waals surface area contributed by atoms with Crippen LogP contribution in [-0.2, 0) is 16.0 Å². The molecule has 1 aromatic carbocycles. The van der Waals surface area contributed by atoms with Gasteiger partial charge in [-0.2, -0.15) is 0 Å². The number of rotatable bonds is 8. The van der Waals surface area contributed by atoms with Gasteiger partial charge in [-0.1, -0.05) is 30.3 Å². The normalized spacial score (nSPS) is 15.9. The average Bonchev–Trinajstić information content (AvgIpc) is 2.74. The van der Waals surface area contributed by atoms with Gasteiger partial charge in [0.1, 0.15) is 0 Å². The predicted molar refractivity (Wildman–Crippen MR) is 106 cm³/mol. The van der Waals surface area contributed by atoms with Crippen LogP contribution in [0.1, 0.15) is 22.0 Å². The first-order chi connectivity index (χ1) is 13.7. The van der Waals surface area contributed by atoms with E-state index in [4.69, 9.17) is 9.47 Å². The summed E-state index contributed by atoms with van der Waals surface area (Å²) >= 11 is 0. The molecule has 0 spiro atoms. The third kappa shape index (κ3) is 5.28. The SMILES string of the molecule is COCCn1cc(C(=O)NC[C@H](c2ccccc2)N2CCOCC2)ccc1=O. The lowest BCUT2D eigenvalue weighted by molar-refractivity contribution is 0.0162. The maximum absolute atomic E-state index is 12.7. The van der Waals surface area contributed by atoms with Crippen molar-refractivity contribution in [1.29, 1.82) is 0 Å². The van der Waals surface area contributed by atoms with Crippen LogP contribution in [-0.4, -0.2) is 61.9 Å². The van der Waals surface area contributed by atoms with Gasteiger partial charge in [0.05, 0.1) is 31.4 Å². The van der Waals surface area contributed by atoms with Crippen molar-refractivity contribution in [3.05, 3.63) is 70.1 Å². The maximum atomic E-state index is 12.7. The monoisotopic (exact) mass is 385 g/mol. The van der Waals surface area contributed by atoms with E-state index in [1.807, 2.05) is 18.2 Å². The molecular weight excluding hydrogens is 358 g/mol. The molecule has 7 heteroatoms. The Morgan fingerprint density at radius 1 is 1.18 bits per heavy atom. The van der Waals surface area contributed by atoms with E-state index in [0.29, 0.717) is 38.5 Å². The molecule has 1 aliphatic rings. The van der Waals surface area contributed by atoms with Crippen molar-refractivity contribution in [2.24, 2.45) is 0 Å². The number of carbonyl (C=O) groups excluding carboxylic acids is 1. The zero-order chi connectivity index (χ0) is 19.8. The molecule has 1 aromatic heterocycles. The van der Waals surface area contributed by atoms with Crippen molar-refractivity contribution in [3.63, 3.8) is 0 Å². The Morgan fingerprint density at radius 2 is 1.93 bits per heavy atom. The van der Waals surface area contributed by atoms with Crippen LogP contribution in [0.5, 0.6) is 0 Å². The minimum absolute atomic E-state index is 0.0773. The summed E-state index contributed by atoms with van der Waals surface area (Å²) in [5.41, 5.74) is 1.48. The molecule has 3 rings (SSSR count). The predicted octanol–water partition coefficient (Wildman–Crippen LogP) is 1.30. The van der Waals surface area contributed by atoms with Gasteiger partial charge in [-0.05, 0) is 11.6 Å². The molecule has 1 atom stereocenters. The van der Waals surface area contributed by atoms with E-state index in [9.17, 15) is 9.59 Å². The van der Waals surface area contributed by atoms with E-state index in [1.54, 1.807) is 19.4 Å². The maximum Gasteiger partial charge on any atom is 0.252 e. The Labute approximate surface area is 164 Å². The van der Waals surface area contributed by atoms with E-state index >= 15 is 0 Å². The van der Waals surface area contributed by atoms with Crippen LogP contribution in [0.15, 0.2) is 53.5 Å². The second-order valence-corrected chi connectivity index (χ2v) is 6.73. The molecule has 150 valence electrons. The van der Waals surface area contributed by atoms with Crippen LogP contribution in [0.25, 0.3) is 0 Å². The summed E-state index contributed by atoms with van der Waals surface area (Å²) in [7, 11) is 1.58. The van der Waals surface area contributed by atoms with Gasteiger partial charge in [0.25, 0.3) is 11.5 Å². The van der Waals surface area contributed by atoms with Crippen molar-refractivity contribution < 1.29 is 14.3 Å². The van der Waals surface area contributed by atoms with Crippen molar-refractivity contribution in [3.8, 4) is 0 Å². The minimum atomic E-state index is -0.194. The molecule has 28 heavy (non-hydrogen) atoms. The van der Waals surface area contributed by atoms with E-state index in [2.05, 4.69) is 22.3 Å². The summed E-state index contributed by atoms with van der Waals surface area (Å²) in [6, 6.07) is 13.2. The van der Waals surface area contributed by atoms with Crippen molar-refractivity contribution in [2.75, 3.05) is 46.6 Å². The van der Waals surface area contributed by atoms with Crippen LogP contribution in [0, 0.1) is 0 Å². The zero-order valence-electron chi connectivity index (χ0n) is 16.2. The average molecular weight is 385 g/mol. The Bertz CT molecular complexity index is 816. The van der Waals surface area contributed by atoms with Gasteiger partial charge in [-0.15, -0.1) is 0 Å². The number of hydrogen-bond donors (Lipinski definition) is 1. The topological polar surface area (TPSA) is 72.8 Å².